The van der Waals surface area contributed by atoms with Crippen LogP contribution in [0.1, 0.15) is 43.2 Å². The molecule has 0 atom stereocenters. The number of nitriles is 1. The van der Waals surface area contributed by atoms with E-state index in [9.17, 15) is 10.1 Å². The molecule has 1 saturated carbocycles. The minimum absolute atomic E-state index is 0.0279. The minimum Gasteiger partial charge on any atom is -0.497 e. The highest BCUT2D eigenvalue weighted by molar-refractivity contribution is 5.78. The van der Waals surface area contributed by atoms with Crippen LogP contribution in [0.25, 0.3) is 0 Å². The average molecular weight is 447 g/mol. The van der Waals surface area contributed by atoms with E-state index in [0.717, 1.165) is 37.0 Å². The monoisotopic (exact) mass is 446 g/mol. The molecule has 2 fully saturated rings. The van der Waals surface area contributed by atoms with Crippen molar-refractivity contribution in [2.75, 3.05) is 34.3 Å². The minimum atomic E-state index is -0.214. The molecule has 2 aromatic rings. The zero-order chi connectivity index (χ0) is 23.5. The smallest absolute Gasteiger partial charge is 0.320 e. The first-order valence-corrected chi connectivity index (χ1v) is 11.7. The highest BCUT2D eigenvalue weighted by atomic mass is 16.5. The number of carbonyl (C=O) groups excluding carboxylic acids is 1. The van der Waals surface area contributed by atoms with Crippen LogP contribution >= 0.6 is 0 Å². The first-order chi connectivity index (χ1) is 15.9. The van der Waals surface area contributed by atoms with Crippen molar-refractivity contribution in [3.05, 3.63) is 65.7 Å². The van der Waals surface area contributed by atoms with Crippen LogP contribution in [0, 0.1) is 11.3 Å². The van der Waals surface area contributed by atoms with Crippen LogP contribution in [-0.4, -0.2) is 60.6 Å². The molecule has 6 nitrogen and oxygen atoms in total. The Hall–Kier alpha value is -3.04. The third-order valence-electron chi connectivity index (χ3n) is 7.71. The Labute approximate surface area is 197 Å². The summed E-state index contributed by atoms with van der Waals surface area (Å²) in [5, 5.41) is 9.23. The second-order valence-corrected chi connectivity index (χ2v) is 9.56. The van der Waals surface area contributed by atoms with E-state index in [-0.39, 0.29) is 17.1 Å². The third-order valence-corrected chi connectivity index (χ3v) is 7.71. The summed E-state index contributed by atoms with van der Waals surface area (Å²) in [6, 6.07) is 20.9. The van der Waals surface area contributed by atoms with E-state index in [1.54, 1.807) is 7.11 Å². The molecule has 0 N–H and O–H groups in total. The van der Waals surface area contributed by atoms with E-state index >= 15 is 0 Å². The van der Waals surface area contributed by atoms with E-state index in [4.69, 9.17) is 4.74 Å². The number of rotatable bonds is 7. The standard InChI is InChI=1S/C27H34N4O2/c1-29(2)27(23-8-5-4-6-9-23)16-14-26(15-17-27)21-30(25(32)31(26)19-7-18-28)20-22-10-12-24(33-3)13-11-22/h4-6,8-13H,7,14-17,19-21H2,1-3H3. The molecule has 33 heavy (non-hydrogen) atoms. The summed E-state index contributed by atoms with van der Waals surface area (Å²) in [5.74, 6) is 0.812. The number of carbonyl (C=O) groups is 1. The van der Waals surface area contributed by atoms with Gasteiger partial charge in [-0.2, -0.15) is 5.26 Å². The lowest BCUT2D eigenvalue weighted by molar-refractivity contribution is 0.0251. The predicted octanol–water partition coefficient (Wildman–Crippen LogP) is 4.62. The van der Waals surface area contributed by atoms with Crippen molar-refractivity contribution >= 4 is 6.03 Å². The number of methoxy groups -OCH3 is 1. The van der Waals surface area contributed by atoms with Gasteiger partial charge in [-0.1, -0.05) is 42.5 Å². The number of amides is 2. The van der Waals surface area contributed by atoms with Crippen molar-refractivity contribution in [3.8, 4) is 11.8 Å². The molecule has 2 aliphatic rings. The third kappa shape index (κ3) is 4.30. The largest absolute Gasteiger partial charge is 0.497 e. The normalized spacial score (nSPS) is 25.0. The lowest BCUT2D eigenvalue weighted by atomic mass is 9.68. The van der Waals surface area contributed by atoms with Gasteiger partial charge in [-0.15, -0.1) is 0 Å². The molecular formula is C27H34N4O2. The Bertz CT molecular complexity index is 989. The maximum absolute atomic E-state index is 13.5. The molecule has 1 heterocycles. The van der Waals surface area contributed by atoms with Crippen LogP contribution in [0.15, 0.2) is 54.6 Å². The number of nitrogens with zero attached hydrogens (tertiary/aromatic N) is 4. The topological polar surface area (TPSA) is 59.8 Å². The first kappa shape index (κ1) is 23.1. The quantitative estimate of drug-likeness (QED) is 0.623. The van der Waals surface area contributed by atoms with Crippen LogP contribution in [0.5, 0.6) is 5.75 Å². The van der Waals surface area contributed by atoms with E-state index in [1.807, 2.05) is 34.1 Å². The van der Waals surface area contributed by atoms with Crippen LogP contribution in [0.4, 0.5) is 4.79 Å². The van der Waals surface area contributed by atoms with Gasteiger partial charge in [0.25, 0.3) is 0 Å². The van der Waals surface area contributed by atoms with E-state index in [2.05, 4.69) is 55.4 Å². The van der Waals surface area contributed by atoms with Crippen molar-refractivity contribution in [3.63, 3.8) is 0 Å². The highest BCUT2D eigenvalue weighted by Crippen LogP contribution is 2.49. The summed E-state index contributed by atoms with van der Waals surface area (Å²) in [6.45, 7) is 1.78. The van der Waals surface area contributed by atoms with Crippen LogP contribution in [0.2, 0.25) is 0 Å². The molecule has 1 aliphatic heterocycles. The molecule has 174 valence electrons. The van der Waals surface area contributed by atoms with E-state index in [0.29, 0.717) is 26.1 Å². The van der Waals surface area contributed by atoms with Gasteiger partial charge in [0.1, 0.15) is 5.75 Å². The summed E-state index contributed by atoms with van der Waals surface area (Å²) in [4.78, 5) is 19.8. The van der Waals surface area contributed by atoms with Gasteiger partial charge in [0.2, 0.25) is 0 Å². The maximum Gasteiger partial charge on any atom is 0.320 e. The highest BCUT2D eigenvalue weighted by Gasteiger charge is 2.54. The molecule has 0 aromatic heterocycles. The molecular weight excluding hydrogens is 412 g/mol. The lowest BCUT2D eigenvalue weighted by Crippen LogP contribution is -2.55. The summed E-state index contributed by atoms with van der Waals surface area (Å²) in [6.07, 6.45) is 4.18. The van der Waals surface area contributed by atoms with Crippen LogP contribution in [0.3, 0.4) is 0 Å². The summed E-state index contributed by atoms with van der Waals surface area (Å²) >= 11 is 0. The molecule has 0 unspecified atom stereocenters. The van der Waals surface area contributed by atoms with Gasteiger partial charge >= 0.3 is 6.03 Å². The number of ether oxygens (including phenoxy) is 1. The van der Waals surface area contributed by atoms with E-state index < -0.39 is 0 Å². The fourth-order valence-corrected chi connectivity index (χ4v) is 5.75. The number of urea groups is 1. The molecule has 0 bridgehead atoms. The molecule has 0 radical (unpaired) electrons. The lowest BCUT2D eigenvalue weighted by Gasteiger charge is -2.51. The van der Waals surface area contributed by atoms with Gasteiger partial charge in [0.15, 0.2) is 0 Å². The molecule has 1 spiro atoms. The van der Waals surface area contributed by atoms with Gasteiger partial charge in [0, 0.05) is 25.2 Å². The summed E-state index contributed by atoms with van der Waals surface area (Å²) < 4.78 is 5.26. The predicted molar refractivity (Wildman–Crippen MR) is 129 cm³/mol. The van der Waals surface area contributed by atoms with E-state index in [1.165, 1.54) is 5.56 Å². The van der Waals surface area contributed by atoms with Crippen molar-refractivity contribution in [1.29, 1.82) is 5.26 Å². The van der Waals surface area contributed by atoms with Crippen molar-refractivity contribution in [1.82, 2.24) is 14.7 Å². The SMILES string of the molecule is COc1ccc(CN2CC3(CCC(c4ccccc4)(N(C)C)CC3)N(CCC#N)C2=O)cc1. The zero-order valence-corrected chi connectivity index (χ0v) is 20.0. The van der Waals surface area contributed by atoms with Gasteiger partial charge in [-0.25, -0.2) is 4.79 Å². The first-order valence-electron chi connectivity index (χ1n) is 11.7. The Morgan fingerprint density at radius 2 is 1.70 bits per heavy atom. The van der Waals surface area contributed by atoms with Crippen LogP contribution in [-0.2, 0) is 12.1 Å². The Balaban J connectivity index is 1.57. The van der Waals surface area contributed by atoms with Crippen molar-refractivity contribution in [2.45, 2.75) is 49.7 Å². The van der Waals surface area contributed by atoms with Crippen molar-refractivity contribution < 1.29 is 9.53 Å². The molecule has 2 amide bonds. The number of hydrogen-bond acceptors (Lipinski definition) is 4. The molecule has 1 aliphatic carbocycles. The zero-order valence-electron chi connectivity index (χ0n) is 20.0. The van der Waals surface area contributed by atoms with Crippen molar-refractivity contribution in [2.24, 2.45) is 0 Å². The van der Waals surface area contributed by atoms with Gasteiger partial charge in [-0.3, -0.25) is 4.90 Å². The fraction of sp³-hybridized carbons (Fsp3) is 0.481. The number of hydrogen-bond donors (Lipinski definition) is 0. The van der Waals surface area contributed by atoms with Gasteiger partial charge < -0.3 is 14.5 Å². The average Bonchev–Trinajstić information content (AvgIpc) is 3.09. The maximum atomic E-state index is 13.5. The molecule has 1 saturated heterocycles. The van der Waals surface area contributed by atoms with Crippen LogP contribution < -0.4 is 4.74 Å². The molecule has 6 heteroatoms. The Morgan fingerprint density at radius 3 is 2.27 bits per heavy atom. The number of benzene rings is 2. The Kier molecular flexibility index (Phi) is 6.62. The molecule has 2 aromatic carbocycles. The van der Waals surface area contributed by atoms with Gasteiger partial charge in [0.05, 0.1) is 25.1 Å². The summed E-state index contributed by atoms with van der Waals surface area (Å²) in [7, 11) is 5.98. The second-order valence-electron chi connectivity index (χ2n) is 9.56. The Morgan fingerprint density at radius 1 is 1.03 bits per heavy atom. The second kappa shape index (κ2) is 9.44. The molecule has 4 rings (SSSR count). The fourth-order valence-electron chi connectivity index (χ4n) is 5.75. The summed E-state index contributed by atoms with van der Waals surface area (Å²) in [5.41, 5.74) is 2.19. The van der Waals surface area contributed by atoms with Gasteiger partial charge in [-0.05, 0) is 63.0 Å².